The van der Waals surface area contributed by atoms with E-state index in [1.165, 1.54) is 23.1 Å². The number of thiazole rings is 1. The number of halogens is 2. The van der Waals surface area contributed by atoms with Gasteiger partial charge in [0.05, 0.1) is 27.2 Å². The van der Waals surface area contributed by atoms with Gasteiger partial charge in [0, 0.05) is 21.0 Å². The lowest BCUT2D eigenvalue weighted by molar-refractivity contribution is -0.117. The number of carbonyl (C=O) groups is 1. The molecule has 150 valence electrons. The average molecular weight is 486 g/mol. The monoisotopic (exact) mass is 485 g/mol. The van der Waals surface area contributed by atoms with E-state index in [-0.39, 0.29) is 6.54 Å². The molecule has 0 aliphatic carbocycles. The average Bonchev–Trinajstić information content (AvgIpc) is 3.14. The Morgan fingerprint density at radius 1 is 1.21 bits per heavy atom. The quantitative estimate of drug-likeness (QED) is 0.581. The molecule has 29 heavy (non-hydrogen) atoms. The first-order valence-electron chi connectivity index (χ1n) is 8.21. The molecular formula is C18H13Cl2N3O3S3. The van der Waals surface area contributed by atoms with E-state index in [1.807, 2.05) is 29.0 Å². The van der Waals surface area contributed by atoms with Gasteiger partial charge >= 0.3 is 0 Å². The Balaban J connectivity index is 1.71. The highest BCUT2D eigenvalue weighted by Crippen LogP contribution is 2.47. The van der Waals surface area contributed by atoms with E-state index in [2.05, 4.69) is 4.98 Å². The molecule has 2 heterocycles. The van der Waals surface area contributed by atoms with Crippen LogP contribution in [0.4, 0.5) is 5.69 Å². The maximum Gasteiger partial charge on any atom is 0.253 e. The second-order valence-electron chi connectivity index (χ2n) is 6.24. The van der Waals surface area contributed by atoms with E-state index in [1.54, 1.807) is 23.1 Å². The van der Waals surface area contributed by atoms with Crippen LogP contribution in [0.25, 0.3) is 16.3 Å². The molecule has 4 rings (SSSR count). The van der Waals surface area contributed by atoms with Crippen LogP contribution in [0, 0.1) is 0 Å². The minimum absolute atomic E-state index is 0.171. The smallest absolute Gasteiger partial charge is 0.253 e. The molecule has 0 radical (unpaired) electrons. The molecule has 2 aromatic carbocycles. The molecule has 1 N–H and O–H groups in total. The highest BCUT2D eigenvalue weighted by molar-refractivity contribution is 8.04. The van der Waals surface area contributed by atoms with Gasteiger partial charge in [-0.3, -0.25) is 9.52 Å². The zero-order valence-electron chi connectivity index (χ0n) is 14.8. The van der Waals surface area contributed by atoms with Crippen molar-refractivity contribution in [2.24, 2.45) is 0 Å². The van der Waals surface area contributed by atoms with E-state index >= 15 is 0 Å². The Hall–Kier alpha value is -1.78. The van der Waals surface area contributed by atoms with Gasteiger partial charge < -0.3 is 4.90 Å². The third kappa shape index (κ3) is 4.70. The Morgan fingerprint density at radius 2 is 1.93 bits per heavy atom. The molecule has 0 spiro atoms. The third-order valence-electron chi connectivity index (χ3n) is 3.91. The lowest BCUT2D eigenvalue weighted by Crippen LogP contribution is -2.38. The molecule has 1 aromatic heterocycles. The lowest BCUT2D eigenvalue weighted by Gasteiger charge is -2.19. The van der Waals surface area contributed by atoms with Crippen molar-refractivity contribution in [2.45, 2.75) is 4.90 Å². The highest BCUT2D eigenvalue weighted by atomic mass is 35.5. The summed E-state index contributed by atoms with van der Waals surface area (Å²) < 4.78 is 25.8. The summed E-state index contributed by atoms with van der Waals surface area (Å²) in [5, 5.41) is 2.63. The van der Waals surface area contributed by atoms with Crippen molar-refractivity contribution in [3.8, 4) is 0 Å². The van der Waals surface area contributed by atoms with Crippen LogP contribution >= 0.6 is 46.3 Å². The molecular weight excluding hydrogens is 473 g/mol. The minimum Gasteiger partial charge on any atom is -0.325 e. The van der Waals surface area contributed by atoms with E-state index in [4.69, 9.17) is 23.2 Å². The Labute approximate surface area is 185 Å². The Morgan fingerprint density at radius 3 is 2.69 bits per heavy atom. The maximum absolute atomic E-state index is 12.3. The number of rotatable bonds is 4. The zero-order valence-corrected chi connectivity index (χ0v) is 18.8. The van der Waals surface area contributed by atoms with E-state index in [9.17, 15) is 13.2 Å². The van der Waals surface area contributed by atoms with Crippen LogP contribution in [0.15, 0.2) is 46.3 Å². The molecule has 11 heteroatoms. The number of anilines is 1. The molecule has 0 bridgehead atoms. The first kappa shape index (κ1) is 20.5. The summed E-state index contributed by atoms with van der Waals surface area (Å²) in [5.74, 6) is -0.636. The first-order valence-corrected chi connectivity index (χ1v) is 12.5. The summed E-state index contributed by atoms with van der Waals surface area (Å²) in [6.07, 6.45) is 2.81. The predicted molar refractivity (Wildman–Crippen MR) is 120 cm³/mol. The van der Waals surface area contributed by atoms with E-state index < -0.39 is 15.9 Å². The van der Waals surface area contributed by atoms with Crippen LogP contribution in [-0.4, -0.2) is 32.1 Å². The summed E-state index contributed by atoms with van der Waals surface area (Å²) >= 11 is 15.1. The van der Waals surface area contributed by atoms with Gasteiger partial charge in [-0.2, -0.15) is 0 Å². The summed E-state index contributed by atoms with van der Waals surface area (Å²) in [6, 6.07) is 10.9. The number of hydrogen-bond acceptors (Lipinski definition) is 7. The number of benzene rings is 2. The van der Waals surface area contributed by atoms with Crippen LogP contribution in [0.3, 0.4) is 0 Å². The highest BCUT2D eigenvalue weighted by Gasteiger charge is 2.28. The Bertz CT molecular complexity index is 1270. The van der Waals surface area contributed by atoms with Crippen LogP contribution in [-0.2, 0) is 14.8 Å². The second kappa shape index (κ2) is 7.81. The molecule has 0 saturated heterocycles. The predicted octanol–water partition coefficient (Wildman–Crippen LogP) is 4.59. The lowest BCUT2D eigenvalue weighted by atomic mass is 10.3. The summed E-state index contributed by atoms with van der Waals surface area (Å²) in [4.78, 5) is 19.5. The molecule has 1 aliphatic rings. The normalized spacial score (nSPS) is 15.1. The van der Waals surface area contributed by atoms with Gasteiger partial charge in [0.1, 0.15) is 11.6 Å². The fourth-order valence-electron chi connectivity index (χ4n) is 2.81. The number of nitrogens with one attached hydrogen (secondary N) is 1. The minimum atomic E-state index is -3.65. The topological polar surface area (TPSA) is 79.4 Å². The van der Waals surface area contributed by atoms with Gasteiger partial charge in [-0.1, -0.05) is 35.0 Å². The number of nitrogens with zero attached hydrogens (tertiary/aromatic N) is 2. The fraction of sp³-hybridized carbons (Fsp3) is 0.111. The second-order valence-corrected chi connectivity index (χ2v) is 11.0. The summed E-state index contributed by atoms with van der Waals surface area (Å²) in [7, 11) is -3.65. The van der Waals surface area contributed by atoms with E-state index in [0.717, 1.165) is 37.1 Å². The van der Waals surface area contributed by atoms with Gasteiger partial charge in [0.2, 0.25) is 10.0 Å². The summed E-state index contributed by atoms with van der Waals surface area (Å²) in [6.45, 7) is -0.171. The van der Waals surface area contributed by atoms with Gasteiger partial charge in [0.15, 0.2) is 0 Å². The molecule has 1 amide bonds. The SMILES string of the molecule is CS(=O)(=O)NC(=O)CN1/C(=C/c2nc3cc(Cl)ccc3s2)Sc2ccc(Cl)cc21. The largest absolute Gasteiger partial charge is 0.325 e. The molecule has 0 fully saturated rings. The maximum atomic E-state index is 12.3. The first-order chi connectivity index (χ1) is 13.7. The van der Waals surface area contributed by atoms with Gasteiger partial charge in [-0.25, -0.2) is 13.4 Å². The van der Waals surface area contributed by atoms with Crippen LogP contribution in [0.1, 0.15) is 5.01 Å². The molecule has 0 unspecified atom stereocenters. The van der Waals surface area contributed by atoms with Crippen LogP contribution < -0.4 is 9.62 Å². The number of thioether (sulfide) groups is 1. The molecule has 3 aromatic rings. The van der Waals surface area contributed by atoms with Gasteiger partial charge in [-0.15, -0.1) is 11.3 Å². The standard InChI is InChI=1S/C18H13Cl2N3O3S3/c1-29(25,26)22-16(24)9-23-13-7-11(20)3-5-15(13)28-18(23)8-17-21-12-6-10(19)2-4-14(12)27-17/h2-8H,9H2,1H3,(H,22,24)/b18-8-. The number of aromatic nitrogens is 1. The molecule has 0 saturated carbocycles. The number of sulfonamides is 1. The van der Waals surface area contributed by atoms with Crippen LogP contribution in [0.5, 0.6) is 0 Å². The van der Waals surface area contributed by atoms with Crippen molar-refractivity contribution in [2.75, 3.05) is 17.7 Å². The van der Waals surface area contributed by atoms with Crippen molar-refractivity contribution in [3.63, 3.8) is 0 Å². The number of fused-ring (bicyclic) bond motifs is 2. The van der Waals surface area contributed by atoms with Crippen LogP contribution in [0.2, 0.25) is 10.0 Å². The third-order valence-corrected chi connectivity index (χ3v) is 7.07. The molecule has 6 nitrogen and oxygen atoms in total. The van der Waals surface area contributed by atoms with Crippen molar-refractivity contribution >= 4 is 84.2 Å². The van der Waals surface area contributed by atoms with Crippen molar-refractivity contribution in [1.29, 1.82) is 0 Å². The van der Waals surface area contributed by atoms with Crippen molar-refractivity contribution < 1.29 is 13.2 Å². The van der Waals surface area contributed by atoms with Crippen molar-refractivity contribution in [1.82, 2.24) is 9.71 Å². The Kier molecular flexibility index (Phi) is 5.52. The van der Waals surface area contributed by atoms with Gasteiger partial charge in [0.25, 0.3) is 5.91 Å². The summed E-state index contributed by atoms with van der Waals surface area (Å²) in [5.41, 5.74) is 1.53. The van der Waals surface area contributed by atoms with Crippen molar-refractivity contribution in [3.05, 3.63) is 56.5 Å². The number of hydrogen-bond donors (Lipinski definition) is 1. The number of carbonyl (C=O) groups excluding carboxylic acids is 1. The molecule has 1 aliphatic heterocycles. The number of amides is 1. The fourth-order valence-corrected chi connectivity index (χ4v) is 5.66. The zero-order chi connectivity index (χ0) is 20.8. The molecule has 0 atom stereocenters. The van der Waals surface area contributed by atoms with Gasteiger partial charge in [-0.05, 0) is 36.4 Å². The van der Waals surface area contributed by atoms with E-state index in [0.29, 0.717) is 10.0 Å².